The maximum Gasteiger partial charge on any atom is 0.136 e. The minimum absolute atomic E-state index is 0.0913. The highest BCUT2D eigenvalue weighted by atomic mass is 16.3. The Morgan fingerprint density at radius 1 is 0.852 bits per heavy atom. The third kappa shape index (κ3) is 4.39. The van der Waals surface area contributed by atoms with Crippen LogP contribution in [0, 0.1) is 22.7 Å². The van der Waals surface area contributed by atoms with E-state index in [1.54, 1.807) is 12.2 Å². The molecule has 138 valence electrons. The first kappa shape index (κ1) is 20.3. The van der Waals surface area contributed by atoms with Crippen molar-refractivity contribution in [2.24, 2.45) is 0 Å². The van der Waals surface area contributed by atoms with Gasteiger partial charge >= 0.3 is 0 Å². The van der Waals surface area contributed by atoms with Crippen molar-refractivity contribution in [2.75, 3.05) is 0 Å². The predicted octanol–water partition coefficient (Wildman–Crippen LogP) is 5.84. The van der Waals surface area contributed by atoms with Crippen molar-refractivity contribution >= 4 is 5.57 Å². The van der Waals surface area contributed by atoms with Crippen LogP contribution in [0.3, 0.4) is 0 Å². The molecule has 0 unspecified atom stereocenters. The number of rotatable bonds is 1. The van der Waals surface area contributed by atoms with Crippen LogP contribution in [0.4, 0.5) is 0 Å². The molecule has 1 aliphatic carbocycles. The molecule has 2 rings (SSSR count). The van der Waals surface area contributed by atoms with E-state index in [0.29, 0.717) is 11.3 Å². The summed E-state index contributed by atoms with van der Waals surface area (Å²) in [5.41, 5.74) is 4.05. The molecule has 3 nitrogen and oxygen atoms in total. The normalized spacial score (nSPS) is 14.2. The number of phenols is 1. The Labute approximate surface area is 162 Å². The van der Waals surface area contributed by atoms with Gasteiger partial charge in [0.25, 0.3) is 0 Å². The minimum atomic E-state index is -0.204. The second kappa shape index (κ2) is 7.29. The van der Waals surface area contributed by atoms with E-state index in [9.17, 15) is 5.11 Å². The molecule has 0 bridgehead atoms. The number of hydrogen-bond acceptors (Lipinski definition) is 3. The highest BCUT2D eigenvalue weighted by molar-refractivity contribution is 5.79. The summed E-state index contributed by atoms with van der Waals surface area (Å²) in [7, 11) is 0. The molecule has 1 aromatic carbocycles. The second-order valence-corrected chi connectivity index (χ2v) is 8.79. The van der Waals surface area contributed by atoms with Crippen LogP contribution in [0.2, 0.25) is 0 Å². The maximum atomic E-state index is 10.9. The van der Waals surface area contributed by atoms with Gasteiger partial charge in [-0.1, -0.05) is 71.9 Å². The molecular formula is C24H26N2O. The number of hydrogen-bond donors (Lipinski definition) is 1. The Morgan fingerprint density at radius 3 is 1.81 bits per heavy atom. The zero-order chi connectivity index (χ0) is 20.4. The lowest BCUT2D eigenvalue weighted by molar-refractivity contribution is 0.423. The van der Waals surface area contributed by atoms with Crippen LogP contribution in [-0.4, -0.2) is 5.11 Å². The quantitative estimate of drug-likeness (QED) is 0.641. The van der Waals surface area contributed by atoms with Crippen molar-refractivity contribution in [2.45, 2.75) is 52.4 Å². The van der Waals surface area contributed by atoms with Crippen LogP contribution in [-0.2, 0) is 10.8 Å². The van der Waals surface area contributed by atoms with E-state index in [4.69, 9.17) is 10.5 Å². The third-order valence-corrected chi connectivity index (χ3v) is 4.57. The van der Waals surface area contributed by atoms with Crippen molar-refractivity contribution in [3.05, 3.63) is 70.3 Å². The van der Waals surface area contributed by atoms with Gasteiger partial charge < -0.3 is 5.11 Å². The van der Waals surface area contributed by atoms with E-state index in [0.717, 1.165) is 22.3 Å². The number of benzene rings is 1. The summed E-state index contributed by atoms with van der Waals surface area (Å²) in [4.78, 5) is 0. The molecule has 27 heavy (non-hydrogen) atoms. The Bertz CT molecular complexity index is 909. The van der Waals surface area contributed by atoms with Crippen LogP contribution in [0.5, 0.6) is 5.75 Å². The van der Waals surface area contributed by atoms with Crippen molar-refractivity contribution in [1.29, 1.82) is 10.5 Å². The van der Waals surface area contributed by atoms with Gasteiger partial charge in [0.05, 0.1) is 0 Å². The van der Waals surface area contributed by atoms with Gasteiger partial charge in [-0.05, 0) is 34.1 Å². The topological polar surface area (TPSA) is 67.8 Å². The zero-order valence-corrected chi connectivity index (χ0v) is 16.9. The van der Waals surface area contributed by atoms with Gasteiger partial charge in [0.15, 0.2) is 0 Å². The molecule has 1 aliphatic rings. The summed E-state index contributed by atoms with van der Waals surface area (Å²) < 4.78 is 0. The van der Waals surface area contributed by atoms with Crippen molar-refractivity contribution in [3.8, 4) is 17.9 Å². The Morgan fingerprint density at radius 2 is 1.37 bits per heavy atom. The van der Waals surface area contributed by atoms with Gasteiger partial charge in [-0.25, -0.2) is 0 Å². The maximum absolute atomic E-state index is 10.9. The lowest BCUT2D eigenvalue weighted by Crippen LogP contribution is -2.17. The molecular weight excluding hydrogens is 332 g/mol. The predicted molar refractivity (Wildman–Crippen MR) is 110 cm³/mol. The molecule has 0 amide bonds. The Kier molecular flexibility index (Phi) is 5.48. The number of allylic oxidation sites excluding steroid dienone is 8. The van der Waals surface area contributed by atoms with E-state index < -0.39 is 0 Å². The van der Waals surface area contributed by atoms with Crippen LogP contribution in [0.1, 0.15) is 58.2 Å². The Hall–Kier alpha value is -3.04. The van der Waals surface area contributed by atoms with Gasteiger partial charge in [-0.2, -0.15) is 10.5 Å². The van der Waals surface area contributed by atoms with Gasteiger partial charge in [-0.3, -0.25) is 0 Å². The van der Waals surface area contributed by atoms with Crippen molar-refractivity contribution in [3.63, 3.8) is 0 Å². The van der Waals surface area contributed by atoms with Crippen molar-refractivity contribution < 1.29 is 5.11 Å². The molecule has 1 N–H and O–H groups in total. The molecule has 0 aliphatic heterocycles. The smallest absolute Gasteiger partial charge is 0.136 e. The monoisotopic (exact) mass is 358 g/mol. The van der Waals surface area contributed by atoms with Crippen LogP contribution < -0.4 is 0 Å². The number of phenolic OH excluding ortho intramolecular Hbond substituents is 1. The van der Waals surface area contributed by atoms with Gasteiger partial charge in [0.2, 0.25) is 0 Å². The second-order valence-electron chi connectivity index (χ2n) is 8.79. The molecule has 0 fully saturated rings. The van der Waals surface area contributed by atoms with E-state index in [1.165, 1.54) is 0 Å². The molecule has 0 spiro atoms. The largest absolute Gasteiger partial charge is 0.507 e. The molecule has 1 aromatic rings. The first-order valence-electron chi connectivity index (χ1n) is 8.98. The summed E-state index contributed by atoms with van der Waals surface area (Å²) >= 11 is 0. The molecule has 0 atom stereocenters. The van der Waals surface area contributed by atoms with Crippen LogP contribution in [0.25, 0.3) is 5.57 Å². The molecule has 0 saturated heterocycles. The fourth-order valence-electron chi connectivity index (χ4n) is 3.00. The molecule has 0 radical (unpaired) electrons. The fourth-order valence-corrected chi connectivity index (χ4v) is 3.00. The lowest BCUT2D eigenvalue weighted by atomic mass is 9.77. The fraction of sp³-hybridized carbons (Fsp3) is 0.333. The first-order chi connectivity index (χ1) is 12.5. The summed E-state index contributed by atoms with van der Waals surface area (Å²) in [6, 6.07) is 7.91. The molecule has 0 aromatic heterocycles. The summed E-state index contributed by atoms with van der Waals surface area (Å²) in [5, 5.41) is 29.1. The Balaban J connectivity index is 2.68. The highest BCUT2D eigenvalue weighted by Crippen LogP contribution is 2.41. The van der Waals surface area contributed by atoms with E-state index in [1.807, 2.05) is 42.5 Å². The highest BCUT2D eigenvalue weighted by Gasteiger charge is 2.26. The van der Waals surface area contributed by atoms with E-state index >= 15 is 0 Å². The average molecular weight is 358 g/mol. The average Bonchev–Trinajstić information content (AvgIpc) is 2.80. The number of aromatic hydroxyl groups is 1. The SMILES string of the molecule is CC(C)(C)c1cc(C2=CC=CC(=C(C#N)C#N)C=C2)cc(C(C)(C)C)c1O. The first-order valence-corrected chi connectivity index (χ1v) is 8.98. The van der Waals surface area contributed by atoms with Crippen molar-refractivity contribution in [1.82, 2.24) is 0 Å². The lowest BCUT2D eigenvalue weighted by Gasteiger charge is -2.28. The van der Waals surface area contributed by atoms with Gasteiger partial charge in [0, 0.05) is 16.7 Å². The van der Waals surface area contributed by atoms with Crippen LogP contribution in [0.15, 0.2) is 53.7 Å². The molecule has 0 heterocycles. The van der Waals surface area contributed by atoms with Gasteiger partial charge in [-0.15, -0.1) is 0 Å². The van der Waals surface area contributed by atoms with Crippen LogP contribution >= 0.6 is 0 Å². The summed E-state index contributed by atoms with van der Waals surface area (Å²) in [6.07, 6.45) is 9.27. The van der Waals surface area contributed by atoms with Gasteiger partial charge in [0.1, 0.15) is 23.5 Å². The molecule has 3 heteroatoms. The molecule has 0 saturated carbocycles. The third-order valence-electron chi connectivity index (χ3n) is 4.57. The minimum Gasteiger partial charge on any atom is -0.507 e. The number of nitrogens with zero attached hydrogens (tertiary/aromatic N) is 2. The van der Waals surface area contributed by atoms with E-state index in [-0.39, 0.29) is 16.4 Å². The van der Waals surface area contributed by atoms with E-state index in [2.05, 4.69) is 41.5 Å². The zero-order valence-electron chi connectivity index (χ0n) is 16.9. The number of nitriles is 2. The standard InChI is InChI=1S/C24H26N2O/c1-23(2,3)20-12-18(13-21(22(20)27)24(4,5)6)16-8-7-9-17(11-10-16)19(14-25)15-26/h7-13,27H,1-6H3. The summed E-state index contributed by atoms with van der Waals surface area (Å²) in [6.45, 7) is 12.5. The summed E-state index contributed by atoms with van der Waals surface area (Å²) in [5.74, 6) is 0.351.